The molecule has 21 heavy (non-hydrogen) atoms. The summed E-state index contributed by atoms with van der Waals surface area (Å²) >= 11 is 0. The number of ether oxygens (including phenoxy) is 1. The van der Waals surface area contributed by atoms with Gasteiger partial charge in [-0.15, -0.1) is 0 Å². The van der Waals surface area contributed by atoms with Gasteiger partial charge in [0.1, 0.15) is 18.1 Å². The largest absolute Gasteiger partial charge is 0.442 e. The van der Waals surface area contributed by atoms with Crippen LogP contribution in [0.5, 0.6) is 0 Å². The fraction of sp³-hybridized carbons (Fsp3) is 0.0667. The summed E-state index contributed by atoms with van der Waals surface area (Å²) in [5.74, 6) is -0.378. The molecule has 0 fully saturated rings. The average molecular weight is 285 g/mol. The van der Waals surface area contributed by atoms with Crippen LogP contribution in [0.4, 0.5) is 14.9 Å². The SMILES string of the molecule is Nc1ccc(-c2ccc(C3=NNC(=O)OC3)cc2F)cc1. The van der Waals surface area contributed by atoms with Gasteiger partial charge in [0, 0.05) is 16.8 Å². The molecule has 0 saturated carbocycles. The minimum Gasteiger partial charge on any atom is -0.442 e. The third-order valence-electron chi connectivity index (χ3n) is 3.15. The van der Waals surface area contributed by atoms with Crippen LogP contribution < -0.4 is 11.2 Å². The molecule has 1 amide bonds. The minimum absolute atomic E-state index is 0.0203. The molecule has 3 N–H and O–H groups in total. The van der Waals surface area contributed by atoms with Crippen molar-refractivity contribution < 1.29 is 13.9 Å². The van der Waals surface area contributed by atoms with Gasteiger partial charge >= 0.3 is 6.09 Å². The number of nitrogens with one attached hydrogen (secondary N) is 1. The number of anilines is 1. The molecule has 0 saturated heterocycles. The number of nitrogens with zero attached hydrogens (tertiary/aromatic N) is 1. The molecule has 0 spiro atoms. The number of nitrogen functional groups attached to an aromatic ring is 1. The summed E-state index contributed by atoms with van der Waals surface area (Å²) < 4.78 is 19.0. The predicted octanol–water partition coefficient (Wildman–Crippen LogP) is 2.52. The van der Waals surface area contributed by atoms with Gasteiger partial charge in [0.15, 0.2) is 0 Å². The van der Waals surface area contributed by atoms with E-state index in [0.29, 0.717) is 22.5 Å². The second kappa shape index (κ2) is 5.24. The van der Waals surface area contributed by atoms with E-state index in [1.165, 1.54) is 6.07 Å². The minimum atomic E-state index is -0.613. The molecule has 1 aliphatic rings. The van der Waals surface area contributed by atoms with E-state index in [2.05, 4.69) is 10.5 Å². The van der Waals surface area contributed by atoms with Crippen LogP contribution in [-0.2, 0) is 4.74 Å². The van der Waals surface area contributed by atoms with Crippen LogP contribution in [0.3, 0.4) is 0 Å². The summed E-state index contributed by atoms with van der Waals surface area (Å²) in [5, 5.41) is 3.84. The number of hydrogen-bond acceptors (Lipinski definition) is 4. The van der Waals surface area contributed by atoms with Crippen molar-refractivity contribution in [1.82, 2.24) is 5.43 Å². The quantitative estimate of drug-likeness (QED) is 0.832. The van der Waals surface area contributed by atoms with E-state index in [9.17, 15) is 9.18 Å². The maximum Gasteiger partial charge on any atom is 0.428 e. The normalized spacial score (nSPS) is 14.1. The number of hydrogen-bond donors (Lipinski definition) is 2. The first-order valence-corrected chi connectivity index (χ1v) is 6.28. The van der Waals surface area contributed by atoms with Gasteiger partial charge in [0.2, 0.25) is 0 Å². The highest BCUT2D eigenvalue weighted by Gasteiger charge is 2.15. The Balaban J connectivity index is 1.93. The summed E-state index contributed by atoms with van der Waals surface area (Å²) in [7, 11) is 0. The number of amides is 1. The zero-order chi connectivity index (χ0) is 14.8. The number of carbonyl (C=O) groups is 1. The predicted molar refractivity (Wildman–Crippen MR) is 77.3 cm³/mol. The molecule has 0 radical (unpaired) electrons. The first kappa shape index (κ1) is 13.1. The Morgan fingerprint density at radius 1 is 1.14 bits per heavy atom. The van der Waals surface area contributed by atoms with Crippen molar-refractivity contribution in [2.45, 2.75) is 0 Å². The molecule has 2 aromatic carbocycles. The van der Waals surface area contributed by atoms with Gasteiger partial charge < -0.3 is 10.5 Å². The third kappa shape index (κ3) is 2.69. The van der Waals surface area contributed by atoms with Crippen molar-refractivity contribution in [3.63, 3.8) is 0 Å². The van der Waals surface area contributed by atoms with Crippen molar-refractivity contribution in [1.29, 1.82) is 0 Å². The second-order valence-corrected chi connectivity index (χ2v) is 4.56. The molecule has 0 atom stereocenters. The van der Waals surface area contributed by atoms with Crippen LogP contribution in [0.1, 0.15) is 5.56 Å². The summed E-state index contributed by atoms with van der Waals surface area (Å²) in [4.78, 5) is 10.8. The number of hydrazone groups is 1. The number of halogens is 1. The van der Waals surface area contributed by atoms with Crippen LogP contribution in [0.25, 0.3) is 11.1 Å². The lowest BCUT2D eigenvalue weighted by Crippen LogP contribution is -2.30. The standard InChI is InChI=1S/C15H12FN3O2/c16-13-7-10(14-8-21-15(20)19-18-14)3-6-12(13)9-1-4-11(17)5-2-9/h1-7H,8,17H2,(H,19,20). The van der Waals surface area contributed by atoms with Crippen LogP contribution in [0.15, 0.2) is 47.6 Å². The van der Waals surface area contributed by atoms with Crippen LogP contribution in [-0.4, -0.2) is 18.4 Å². The van der Waals surface area contributed by atoms with Gasteiger partial charge in [-0.1, -0.05) is 24.3 Å². The summed E-state index contributed by atoms with van der Waals surface area (Å²) in [6.45, 7) is 0.0203. The molecule has 1 aliphatic heterocycles. The first-order valence-electron chi connectivity index (χ1n) is 6.28. The van der Waals surface area contributed by atoms with E-state index < -0.39 is 6.09 Å². The van der Waals surface area contributed by atoms with Crippen molar-refractivity contribution in [2.75, 3.05) is 12.3 Å². The van der Waals surface area contributed by atoms with E-state index in [4.69, 9.17) is 10.5 Å². The zero-order valence-electron chi connectivity index (χ0n) is 11.0. The molecule has 2 aromatic rings. The molecule has 0 bridgehead atoms. The Labute approximate surface area is 120 Å². The van der Waals surface area contributed by atoms with Crippen molar-refractivity contribution in [3.8, 4) is 11.1 Å². The van der Waals surface area contributed by atoms with E-state index >= 15 is 0 Å². The molecule has 6 heteroatoms. The van der Waals surface area contributed by atoms with Gasteiger partial charge in [-0.3, -0.25) is 0 Å². The smallest absolute Gasteiger partial charge is 0.428 e. The van der Waals surface area contributed by atoms with E-state index in [-0.39, 0.29) is 12.4 Å². The average Bonchev–Trinajstić information content (AvgIpc) is 2.49. The number of cyclic esters (lactones) is 1. The molecule has 0 aromatic heterocycles. The summed E-state index contributed by atoms with van der Waals surface area (Å²) in [6.07, 6.45) is -0.613. The molecule has 106 valence electrons. The Morgan fingerprint density at radius 3 is 2.48 bits per heavy atom. The molecule has 1 heterocycles. The van der Waals surface area contributed by atoms with Gasteiger partial charge in [0.05, 0.1) is 0 Å². The monoisotopic (exact) mass is 285 g/mol. The highest BCUT2D eigenvalue weighted by atomic mass is 19.1. The summed E-state index contributed by atoms with van der Waals surface area (Å²) in [6, 6.07) is 11.7. The third-order valence-corrected chi connectivity index (χ3v) is 3.15. The van der Waals surface area contributed by atoms with Crippen LogP contribution >= 0.6 is 0 Å². The molecular formula is C15H12FN3O2. The van der Waals surface area contributed by atoms with Crippen molar-refractivity contribution in [2.24, 2.45) is 5.10 Å². The Bertz CT molecular complexity index is 726. The molecule has 5 nitrogen and oxygen atoms in total. The molecule has 0 unspecified atom stereocenters. The Morgan fingerprint density at radius 2 is 1.86 bits per heavy atom. The number of nitrogens with two attached hydrogens (primary N) is 1. The molecule has 0 aliphatic carbocycles. The van der Waals surface area contributed by atoms with Gasteiger partial charge in [0.25, 0.3) is 0 Å². The highest BCUT2D eigenvalue weighted by molar-refractivity contribution is 6.03. The number of carbonyl (C=O) groups excluding carboxylic acids is 1. The lowest BCUT2D eigenvalue weighted by atomic mass is 10.0. The van der Waals surface area contributed by atoms with Gasteiger partial charge in [-0.05, 0) is 23.8 Å². The van der Waals surface area contributed by atoms with Crippen LogP contribution in [0, 0.1) is 5.82 Å². The van der Waals surface area contributed by atoms with Gasteiger partial charge in [-0.25, -0.2) is 14.6 Å². The first-order chi connectivity index (χ1) is 10.1. The highest BCUT2D eigenvalue weighted by Crippen LogP contribution is 2.25. The summed E-state index contributed by atoms with van der Waals surface area (Å²) in [5.41, 5.74) is 10.7. The zero-order valence-corrected chi connectivity index (χ0v) is 11.0. The fourth-order valence-electron chi connectivity index (χ4n) is 2.05. The lowest BCUT2D eigenvalue weighted by molar-refractivity contribution is 0.157. The maximum absolute atomic E-state index is 14.3. The maximum atomic E-state index is 14.3. The topological polar surface area (TPSA) is 76.7 Å². The van der Waals surface area contributed by atoms with Crippen molar-refractivity contribution in [3.05, 3.63) is 53.8 Å². The molecular weight excluding hydrogens is 273 g/mol. The van der Waals surface area contributed by atoms with Crippen LogP contribution in [0.2, 0.25) is 0 Å². The lowest BCUT2D eigenvalue weighted by Gasteiger charge is -2.14. The number of rotatable bonds is 2. The van der Waals surface area contributed by atoms with E-state index in [1.54, 1.807) is 36.4 Å². The Hall–Kier alpha value is -2.89. The van der Waals surface area contributed by atoms with E-state index in [0.717, 1.165) is 5.56 Å². The van der Waals surface area contributed by atoms with Crippen molar-refractivity contribution >= 4 is 17.5 Å². The second-order valence-electron chi connectivity index (χ2n) is 4.56. The van der Waals surface area contributed by atoms with Gasteiger partial charge in [-0.2, -0.15) is 5.10 Å². The Kier molecular flexibility index (Phi) is 3.27. The van der Waals surface area contributed by atoms with E-state index in [1.807, 2.05) is 0 Å². The molecule has 3 rings (SSSR count). The fourth-order valence-corrected chi connectivity index (χ4v) is 2.05. The number of benzene rings is 2.